The van der Waals surface area contributed by atoms with Gasteiger partial charge in [-0.05, 0) is 13.3 Å². The third-order valence-corrected chi connectivity index (χ3v) is 2.95. The molecule has 1 saturated heterocycles. The number of hydrogen-bond acceptors (Lipinski definition) is 2. The van der Waals surface area contributed by atoms with Gasteiger partial charge in [0.2, 0.25) is 3.79 Å². The Hall–Kier alpha value is 0.790. The van der Waals surface area contributed by atoms with Gasteiger partial charge < -0.3 is 4.74 Å². The average Bonchev–Trinajstić information content (AvgIpc) is 2.31. The molecule has 1 aliphatic heterocycles. The van der Waals surface area contributed by atoms with Gasteiger partial charge in [0.1, 0.15) is 0 Å². The molecule has 1 N–H and O–H groups in total. The van der Waals surface area contributed by atoms with Crippen LogP contribution in [0.3, 0.4) is 0 Å². The molecule has 0 aromatic carbocycles. The van der Waals surface area contributed by atoms with Crippen molar-refractivity contribution in [2.45, 2.75) is 35.9 Å². The van der Waals surface area contributed by atoms with Gasteiger partial charge in [-0.1, -0.05) is 41.7 Å². The van der Waals surface area contributed by atoms with Crippen molar-refractivity contribution in [1.82, 2.24) is 5.32 Å². The van der Waals surface area contributed by atoms with E-state index < -0.39 is 9.52 Å². The minimum Gasteiger partial charge on any atom is -0.352 e. The molecule has 0 saturated carbocycles. The quantitative estimate of drug-likeness (QED) is 0.702. The highest BCUT2D eigenvalue weighted by Crippen LogP contribution is 2.43. The average molecular weight is 233 g/mol. The van der Waals surface area contributed by atoms with E-state index >= 15 is 0 Å². The number of ether oxygens (including phenoxy) is 1. The summed E-state index contributed by atoms with van der Waals surface area (Å²) in [5, 5.41) is 3.09. The minimum absolute atomic E-state index is 0.0978. The molecule has 2 nitrogen and oxygen atoms in total. The van der Waals surface area contributed by atoms with E-state index in [9.17, 15) is 0 Å². The topological polar surface area (TPSA) is 21.3 Å². The Balaban J connectivity index is 2.78. The van der Waals surface area contributed by atoms with Crippen LogP contribution in [0.5, 0.6) is 0 Å². The first-order chi connectivity index (χ1) is 5.41. The lowest BCUT2D eigenvalue weighted by atomic mass is 10.2. The number of halogens is 3. The van der Waals surface area contributed by atoms with Crippen LogP contribution in [-0.4, -0.2) is 22.2 Å². The van der Waals surface area contributed by atoms with Crippen LogP contribution in [0.4, 0.5) is 0 Å². The third-order valence-electron chi connectivity index (χ3n) is 2.03. The van der Waals surface area contributed by atoms with E-state index in [1.165, 1.54) is 0 Å². The minimum atomic E-state index is -1.41. The number of nitrogens with one attached hydrogen (secondary N) is 1. The molecule has 2 unspecified atom stereocenters. The molecule has 0 radical (unpaired) electrons. The predicted molar refractivity (Wildman–Crippen MR) is 51.9 cm³/mol. The Morgan fingerprint density at radius 2 is 2.17 bits per heavy atom. The predicted octanol–water partition coefficient (Wildman–Crippen LogP) is 2.47. The lowest BCUT2D eigenvalue weighted by molar-refractivity contribution is -0.0436. The van der Waals surface area contributed by atoms with E-state index in [1.807, 2.05) is 13.8 Å². The van der Waals surface area contributed by atoms with Crippen LogP contribution >= 0.6 is 34.8 Å². The Kier molecular flexibility index (Phi) is 3.17. The summed E-state index contributed by atoms with van der Waals surface area (Å²) in [5.74, 6) is 0. The molecule has 0 amide bonds. The fraction of sp³-hybridized carbons (Fsp3) is 1.00. The fourth-order valence-electron chi connectivity index (χ4n) is 1.31. The summed E-state index contributed by atoms with van der Waals surface area (Å²) in [4.78, 5) is 0. The van der Waals surface area contributed by atoms with Crippen molar-refractivity contribution in [1.29, 1.82) is 0 Å². The third kappa shape index (κ3) is 1.83. The Labute approximate surface area is 87.5 Å². The van der Waals surface area contributed by atoms with E-state index in [4.69, 9.17) is 39.5 Å². The summed E-state index contributed by atoms with van der Waals surface area (Å²) in [6.45, 7) is 4.59. The van der Waals surface area contributed by atoms with Crippen LogP contribution in [0.25, 0.3) is 0 Å². The van der Waals surface area contributed by atoms with Gasteiger partial charge in [0, 0.05) is 6.54 Å². The van der Waals surface area contributed by atoms with E-state index in [2.05, 4.69) is 5.32 Å². The molecule has 0 aromatic heterocycles. The summed E-state index contributed by atoms with van der Waals surface area (Å²) < 4.78 is 4.15. The Bertz CT molecular complexity index is 171. The van der Waals surface area contributed by atoms with E-state index in [0.717, 1.165) is 6.54 Å². The second kappa shape index (κ2) is 3.50. The first kappa shape index (κ1) is 10.9. The Morgan fingerprint density at radius 1 is 1.58 bits per heavy atom. The van der Waals surface area contributed by atoms with Crippen molar-refractivity contribution < 1.29 is 4.74 Å². The molecule has 0 aromatic rings. The molecule has 0 bridgehead atoms. The molecule has 1 fully saturated rings. The van der Waals surface area contributed by atoms with E-state index in [1.54, 1.807) is 0 Å². The molecule has 1 aliphatic rings. The number of rotatable bonds is 1. The highest BCUT2D eigenvalue weighted by molar-refractivity contribution is 6.68. The molecule has 72 valence electrons. The molecule has 2 atom stereocenters. The SMILES string of the molecule is CCC1(C(Cl)(Cl)Cl)NCC(C)O1. The van der Waals surface area contributed by atoms with E-state index in [-0.39, 0.29) is 6.10 Å². The van der Waals surface area contributed by atoms with Crippen molar-refractivity contribution >= 4 is 34.8 Å². The van der Waals surface area contributed by atoms with Crippen LogP contribution in [0.15, 0.2) is 0 Å². The van der Waals surface area contributed by atoms with Crippen LogP contribution in [0.1, 0.15) is 20.3 Å². The second-order valence-corrected chi connectivity index (χ2v) is 5.27. The van der Waals surface area contributed by atoms with Crippen molar-refractivity contribution in [2.24, 2.45) is 0 Å². The van der Waals surface area contributed by atoms with Gasteiger partial charge in [-0.3, -0.25) is 5.32 Å². The number of alkyl halides is 3. The molecule has 0 spiro atoms. The summed E-state index contributed by atoms with van der Waals surface area (Å²) in [5.41, 5.74) is -0.808. The maximum atomic E-state index is 5.81. The molecule has 12 heavy (non-hydrogen) atoms. The monoisotopic (exact) mass is 231 g/mol. The zero-order valence-corrected chi connectivity index (χ0v) is 9.30. The highest BCUT2D eigenvalue weighted by atomic mass is 35.6. The van der Waals surface area contributed by atoms with Crippen molar-refractivity contribution in [2.75, 3.05) is 6.54 Å². The summed E-state index contributed by atoms with van der Waals surface area (Å²) in [6, 6.07) is 0. The van der Waals surface area contributed by atoms with E-state index in [0.29, 0.717) is 6.42 Å². The molecule has 1 rings (SSSR count). The molecule has 0 aliphatic carbocycles. The van der Waals surface area contributed by atoms with Gasteiger partial charge >= 0.3 is 0 Å². The van der Waals surface area contributed by atoms with Crippen LogP contribution in [-0.2, 0) is 4.74 Å². The van der Waals surface area contributed by atoms with Gasteiger partial charge in [0.05, 0.1) is 6.10 Å². The standard InChI is InChI=1S/C7H12Cl3NO/c1-3-6(7(8,9)10)11-4-5(2)12-6/h5,11H,3-4H2,1-2H3. The lowest BCUT2D eigenvalue weighted by Crippen LogP contribution is -2.51. The summed E-state index contributed by atoms with van der Waals surface area (Å²) >= 11 is 17.4. The smallest absolute Gasteiger partial charge is 0.232 e. The normalized spacial score (nSPS) is 37.2. The van der Waals surface area contributed by atoms with Crippen molar-refractivity contribution in [3.63, 3.8) is 0 Å². The maximum absolute atomic E-state index is 5.81. The molecule has 5 heteroatoms. The number of hydrogen-bond donors (Lipinski definition) is 1. The first-order valence-corrected chi connectivity index (χ1v) is 5.04. The van der Waals surface area contributed by atoms with Gasteiger partial charge in [-0.15, -0.1) is 0 Å². The molecule has 1 heterocycles. The first-order valence-electron chi connectivity index (χ1n) is 3.91. The zero-order valence-electron chi connectivity index (χ0n) is 7.03. The van der Waals surface area contributed by atoms with Crippen LogP contribution < -0.4 is 5.32 Å². The fourth-order valence-corrected chi connectivity index (χ4v) is 2.05. The largest absolute Gasteiger partial charge is 0.352 e. The van der Waals surface area contributed by atoms with Crippen LogP contribution in [0, 0.1) is 0 Å². The van der Waals surface area contributed by atoms with Crippen LogP contribution in [0.2, 0.25) is 0 Å². The van der Waals surface area contributed by atoms with Crippen molar-refractivity contribution in [3.8, 4) is 0 Å². The van der Waals surface area contributed by atoms with Gasteiger partial charge in [-0.25, -0.2) is 0 Å². The van der Waals surface area contributed by atoms with Gasteiger partial charge in [0.25, 0.3) is 0 Å². The van der Waals surface area contributed by atoms with Gasteiger partial charge in [-0.2, -0.15) is 0 Å². The molecular weight excluding hydrogens is 220 g/mol. The Morgan fingerprint density at radius 3 is 2.33 bits per heavy atom. The second-order valence-electron chi connectivity index (χ2n) is 2.99. The molecular formula is C7H12Cl3NO. The van der Waals surface area contributed by atoms with Gasteiger partial charge in [0.15, 0.2) is 5.72 Å². The highest BCUT2D eigenvalue weighted by Gasteiger charge is 2.52. The van der Waals surface area contributed by atoms with Crippen molar-refractivity contribution in [3.05, 3.63) is 0 Å². The summed E-state index contributed by atoms with van der Waals surface area (Å²) in [7, 11) is 0. The maximum Gasteiger partial charge on any atom is 0.232 e. The zero-order chi connectivity index (χ0) is 9.41. The summed E-state index contributed by atoms with van der Waals surface area (Å²) in [6.07, 6.45) is 0.731. The lowest BCUT2D eigenvalue weighted by Gasteiger charge is -2.34.